The smallest absolute Gasteiger partial charge is 0.191 e. The van der Waals surface area contributed by atoms with E-state index in [9.17, 15) is 8.42 Å². The third-order valence-corrected chi connectivity index (χ3v) is 7.00. The molecule has 1 saturated carbocycles. The number of hydrogen-bond donors (Lipinski definition) is 2. The Morgan fingerprint density at radius 3 is 2.40 bits per heavy atom. The minimum atomic E-state index is -3.19. The van der Waals surface area contributed by atoms with Gasteiger partial charge in [0.1, 0.15) is 0 Å². The van der Waals surface area contributed by atoms with Crippen LogP contribution in [0.3, 0.4) is 0 Å². The maximum Gasteiger partial charge on any atom is 0.191 e. The van der Waals surface area contributed by atoms with Crippen LogP contribution in [0.4, 0.5) is 0 Å². The zero-order valence-electron chi connectivity index (χ0n) is 19.1. The first-order chi connectivity index (χ1) is 13.7. The van der Waals surface area contributed by atoms with Gasteiger partial charge in [-0.25, -0.2) is 13.4 Å². The highest BCUT2D eigenvalue weighted by Crippen LogP contribution is 2.28. The Kier molecular flexibility index (Phi) is 11.6. The molecular weight excluding hydrogens is 511 g/mol. The highest BCUT2D eigenvalue weighted by atomic mass is 127. The van der Waals surface area contributed by atoms with Crippen molar-refractivity contribution in [3.05, 3.63) is 29.3 Å². The van der Waals surface area contributed by atoms with Crippen LogP contribution < -0.4 is 10.6 Å². The summed E-state index contributed by atoms with van der Waals surface area (Å²) < 4.78 is 23.6. The van der Waals surface area contributed by atoms with Gasteiger partial charge in [0.15, 0.2) is 15.8 Å². The van der Waals surface area contributed by atoms with Crippen molar-refractivity contribution in [1.82, 2.24) is 15.5 Å². The lowest BCUT2D eigenvalue weighted by atomic mass is 9.83. The Morgan fingerprint density at radius 1 is 1.20 bits per heavy atom. The molecule has 0 heterocycles. The number of nitrogens with zero attached hydrogens (tertiary/aromatic N) is 2. The second kappa shape index (κ2) is 12.9. The first-order valence-electron chi connectivity index (χ1n) is 10.7. The quantitative estimate of drug-likeness (QED) is 0.294. The predicted molar refractivity (Wildman–Crippen MR) is 137 cm³/mol. The zero-order valence-corrected chi connectivity index (χ0v) is 22.2. The van der Waals surface area contributed by atoms with Crippen molar-refractivity contribution in [2.24, 2.45) is 10.9 Å². The van der Waals surface area contributed by atoms with E-state index >= 15 is 0 Å². The van der Waals surface area contributed by atoms with Gasteiger partial charge in [-0.3, -0.25) is 0 Å². The van der Waals surface area contributed by atoms with Crippen LogP contribution in [0.1, 0.15) is 50.2 Å². The molecule has 0 saturated heterocycles. The second-order valence-corrected chi connectivity index (χ2v) is 10.4. The molecule has 172 valence electrons. The molecule has 2 N–H and O–H groups in total. The van der Waals surface area contributed by atoms with Crippen molar-refractivity contribution in [3.63, 3.8) is 0 Å². The summed E-state index contributed by atoms with van der Waals surface area (Å²) in [6, 6.07) is 5.94. The molecule has 0 aliphatic heterocycles. The van der Waals surface area contributed by atoms with E-state index in [-0.39, 0.29) is 24.0 Å². The molecular formula is C22H39IN4O2S. The Balaban J connectivity index is 0.00000450. The van der Waals surface area contributed by atoms with Crippen molar-refractivity contribution in [2.45, 2.75) is 63.4 Å². The SMILES string of the molecule is CCNC(=NCc1ccc(S(C)(=O)=O)c(C)c1)NCC(C1CCCCC1)N(C)C.I. The largest absolute Gasteiger partial charge is 0.357 e. The van der Waals surface area contributed by atoms with Crippen molar-refractivity contribution in [2.75, 3.05) is 33.4 Å². The van der Waals surface area contributed by atoms with Gasteiger partial charge in [0.05, 0.1) is 11.4 Å². The first kappa shape index (κ1) is 27.2. The zero-order chi connectivity index (χ0) is 21.4. The summed E-state index contributed by atoms with van der Waals surface area (Å²) in [5.41, 5.74) is 1.77. The highest BCUT2D eigenvalue weighted by Gasteiger charge is 2.25. The molecule has 1 fully saturated rings. The summed E-state index contributed by atoms with van der Waals surface area (Å²) in [5, 5.41) is 6.85. The Labute approximate surface area is 200 Å². The van der Waals surface area contributed by atoms with E-state index in [1.807, 2.05) is 19.1 Å². The van der Waals surface area contributed by atoms with E-state index in [2.05, 4.69) is 36.6 Å². The van der Waals surface area contributed by atoms with Gasteiger partial charge in [0, 0.05) is 25.4 Å². The van der Waals surface area contributed by atoms with E-state index in [0.717, 1.165) is 36.1 Å². The molecule has 0 radical (unpaired) electrons. The lowest BCUT2D eigenvalue weighted by Crippen LogP contribution is -2.48. The Hall–Kier alpha value is -0.870. The monoisotopic (exact) mass is 550 g/mol. The van der Waals surface area contributed by atoms with Gasteiger partial charge in [0.25, 0.3) is 0 Å². The molecule has 0 spiro atoms. The summed E-state index contributed by atoms with van der Waals surface area (Å²) in [6.45, 7) is 6.07. The van der Waals surface area contributed by atoms with Gasteiger partial charge in [-0.1, -0.05) is 31.4 Å². The van der Waals surface area contributed by atoms with Gasteiger partial charge in [-0.2, -0.15) is 0 Å². The molecule has 0 bridgehead atoms. The third-order valence-electron chi connectivity index (χ3n) is 5.74. The maximum absolute atomic E-state index is 11.8. The lowest BCUT2D eigenvalue weighted by molar-refractivity contribution is 0.171. The third kappa shape index (κ3) is 8.34. The minimum Gasteiger partial charge on any atom is -0.357 e. The number of rotatable bonds is 8. The number of likely N-dealkylation sites (N-methyl/N-ethyl adjacent to an activating group) is 1. The molecule has 1 atom stereocenters. The van der Waals surface area contributed by atoms with E-state index in [1.54, 1.807) is 6.07 Å². The molecule has 8 heteroatoms. The molecule has 1 aliphatic carbocycles. The van der Waals surface area contributed by atoms with Gasteiger partial charge < -0.3 is 15.5 Å². The normalized spacial score (nSPS) is 16.8. The number of halogens is 1. The average molecular weight is 551 g/mol. The topological polar surface area (TPSA) is 73.8 Å². The summed E-state index contributed by atoms with van der Waals surface area (Å²) in [5.74, 6) is 1.54. The number of guanidine groups is 1. The Morgan fingerprint density at radius 2 is 1.87 bits per heavy atom. The van der Waals surface area contributed by atoms with Crippen LogP contribution in [-0.4, -0.2) is 58.8 Å². The van der Waals surface area contributed by atoms with E-state index in [4.69, 9.17) is 4.99 Å². The number of hydrogen-bond acceptors (Lipinski definition) is 4. The summed E-state index contributed by atoms with van der Waals surface area (Å²) in [4.78, 5) is 7.44. The van der Waals surface area contributed by atoms with Crippen molar-refractivity contribution in [1.29, 1.82) is 0 Å². The molecule has 1 aromatic rings. The van der Waals surface area contributed by atoms with E-state index in [0.29, 0.717) is 17.5 Å². The van der Waals surface area contributed by atoms with Gasteiger partial charge in [0.2, 0.25) is 0 Å². The number of benzene rings is 1. The van der Waals surface area contributed by atoms with Gasteiger partial charge >= 0.3 is 0 Å². The summed E-state index contributed by atoms with van der Waals surface area (Å²) in [6.07, 6.45) is 7.91. The fourth-order valence-electron chi connectivity index (χ4n) is 4.23. The van der Waals surface area contributed by atoms with Crippen LogP contribution in [0, 0.1) is 12.8 Å². The Bertz CT molecular complexity index is 790. The molecule has 1 aromatic carbocycles. The van der Waals surface area contributed by atoms with E-state index < -0.39 is 9.84 Å². The van der Waals surface area contributed by atoms with Crippen LogP contribution in [0.5, 0.6) is 0 Å². The second-order valence-electron chi connectivity index (χ2n) is 8.38. The minimum absolute atomic E-state index is 0. The molecule has 0 amide bonds. The van der Waals surface area contributed by atoms with Gasteiger partial charge in [-0.05, 0) is 63.9 Å². The summed E-state index contributed by atoms with van der Waals surface area (Å²) >= 11 is 0. The number of sulfone groups is 1. The summed E-state index contributed by atoms with van der Waals surface area (Å²) in [7, 11) is 1.14. The average Bonchev–Trinajstić information content (AvgIpc) is 2.65. The van der Waals surface area contributed by atoms with E-state index in [1.165, 1.54) is 38.4 Å². The van der Waals surface area contributed by atoms with Crippen LogP contribution in [-0.2, 0) is 16.4 Å². The lowest BCUT2D eigenvalue weighted by Gasteiger charge is -2.35. The first-order valence-corrected chi connectivity index (χ1v) is 12.6. The molecule has 6 nitrogen and oxygen atoms in total. The van der Waals surface area contributed by atoms with Crippen molar-refractivity contribution in [3.8, 4) is 0 Å². The molecule has 2 rings (SSSR count). The fourth-order valence-corrected chi connectivity index (χ4v) is 5.19. The van der Waals surface area contributed by atoms with Crippen LogP contribution in [0.2, 0.25) is 0 Å². The number of aliphatic imine (C=N–C) groups is 1. The van der Waals surface area contributed by atoms with Gasteiger partial charge in [-0.15, -0.1) is 24.0 Å². The molecule has 0 aromatic heterocycles. The van der Waals surface area contributed by atoms with Crippen LogP contribution in [0.15, 0.2) is 28.1 Å². The molecule has 30 heavy (non-hydrogen) atoms. The molecule has 1 aliphatic rings. The predicted octanol–water partition coefficient (Wildman–Crippen LogP) is 3.58. The standard InChI is InChI=1S/C22H38N4O2S.HI/c1-6-23-22(25-16-20(26(3)4)19-10-8-7-9-11-19)24-15-18-12-13-21(17(2)14-18)29(5,27)28;/h12-14,19-20H,6-11,15-16H2,1-5H3,(H2,23,24,25);1H. The number of aryl methyl sites for hydroxylation is 1. The molecule has 1 unspecified atom stereocenters. The maximum atomic E-state index is 11.8. The highest BCUT2D eigenvalue weighted by molar-refractivity contribution is 14.0. The fraction of sp³-hybridized carbons (Fsp3) is 0.682. The number of nitrogens with one attached hydrogen (secondary N) is 2. The van der Waals surface area contributed by atoms with Crippen LogP contribution in [0.25, 0.3) is 0 Å². The van der Waals surface area contributed by atoms with Crippen LogP contribution >= 0.6 is 24.0 Å². The van der Waals surface area contributed by atoms with Crippen molar-refractivity contribution >= 4 is 39.8 Å². The van der Waals surface area contributed by atoms with Crippen molar-refractivity contribution < 1.29 is 8.42 Å².